The Hall–Kier alpha value is -0.780. The first-order valence-electron chi connectivity index (χ1n) is 6.31. The van der Waals surface area contributed by atoms with E-state index >= 15 is 0 Å². The second-order valence-electron chi connectivity index (χ2n) is 5.15. The molecule has 0 aliphatic heterocycles. The molecule has 20 heavy (non-hydrogen) atoms. The third kappa shape index (κ3) is 8.40. The Morgan fingerprint density at radius 2 is 2.05 bits per heavy atom. The Balaban J connectivity index is 0.00000361. The van der Waals surface area contributed by atoms with Gasteiger partial charge in [0, 0.05) is 18.5 Å². The van der Waals surface area contributed by atoms with E-state index < -0.39 is 0 Å². The van der Waals surface area contributed by atoms with Gasteiger partial charge in [0.05, 0.1) is 11.1 Å². The van der Waals surface area contributed by atoms with Crippen LogP contribution in [0.1, 0.15) is 26.7 Å². The van der Waals surface area contributed by atoms with E-state index in [0.717, 1.165) is 10.2 Å². The van der Waals surface area contributed by atoms with Crippen LogP contribution >= 0.6 is 28.3 Å². The van der Waals surface area contributed by atoms with Crippen molar-refractivity contribution in [1.29, 1.82) is 0 Å². The molecule has 0 unspecified atom stereocenters. The Bertz CT molecular complexity index is 422. The number of ether oxygens (including phenoxy) is 1. The van der Waals surface area contributed by atoms with Crippen molar-refractivity contribution in [2.75, 3.05) is 13.2 Å². The highest BCUT2D eigenvalue weighted by atomic mass is 79.9. The number of amides is 1. The lowest BCUT2D eigenvalue weighted by molar-refractivity contribution is -0.121. The first-order valence-corrected chi connectivity index (χ1v) is 7.11. The number of benzene rings is 1. The summed E-state index contributed by atoms with van der Waals surface area (Å²) in [6.45, 7) is 4.76. The first-order chi connectivity index (χ1) is 8.88. The van der Waals surface area contributed by atoms with Gasteiger partial charge >= 0.3 is 0 Å². The molecule has 6 heteroatoms. The van der Waals surface area contributed by atoms with E-state index in [1.165, 1.54) is 0 Å². The number of halogens is 2. The number of rotatable bonds is 7. The molecule has 0 saturated carbocycles. The molecule has 4 nitrogen and oxygen atoms in total. The van der Waals surface area contributed by atoms with Crippen LogP contribution in [0.3, 0.4) is 0 Å². The number of hydrogen-bond donors (Lipinski definition) is 2. The van der Waals surface area contributed by atoms with Crippen LogP contribution in [-0.2, 0) is 4.79 Å². The van der Waals surface area contributed by atoms with Crippen LogP contribution in [0, 0.1) is 0 Å². The SMILES string of the molecule is CC(C)(N)CNC(=O)CCCOc1ccccc1Br.Cl. The van der Waals surface area contributed by atoms with Gasteiger partial charge in [0.2, 0.25) is 5.91 Å². The Morgan fingerprint density at radius 3 is 2.65 bits per heavy atom. The molecule has 1 amide bonds. The van der Waals surface area contributed by atoms with E-state index in [1.807, 2.05) is 38.1 Å². The molecule has 1 rings (SSSR count). The van der Waals surface area contributed by atoms with Gasteiger partial charge < -0.3 is 15.8 Å². The summed E-state index contributed by atoms with van der Waals surface area (Å²) in [5.41, 5.74) is 5.41. The quantitative estimate of drug-likeness (QED) is 0.730. The second-order valence-corrected chi connectivity index (χ2v) is 6.00. The van der Waals surface area contributed by atoms with E-state index in [1.54, 1.807) is 0 Å². The Labute approximate surface area is 135 Å². The maximum absolute atomic E-state index is 11.5. The summed E-state index contributed by atoms with van der Waals surface area (Å²) >= 11 is 3.41. The molecule has 0 radical (unpaired) electrons. The molecule has 0 bridgehead atoms. The van der Waals surface area contributed by atoms with Crippen molar-refractivity contribution >= 4 is 34.2 Å². The molecule has 1 aromatic carbocycles. The van der Waals surface area contributed by atoms with Crippen LogP contribution in [0.2, 0.25) is 0 Å². The summed E-state index contributed by atoms with van der Waals surface area (Å²) < 4.78 is 6.50. The molecule has 0 aromatic heterocycles. The van der Waals surface area contributed by atoms with Gasteiger partial charge in [0.25, 0.3) is 0 Å². The number of carbonyl (C=O) groups excluding carboxylic acids is 1. The maximum atomic E-state index is 11.5. The summed E-state index contributed by atoms with van der Waals surface area (Å²) in [4.78, 5) is 11.5. The molecule has 114 valence electrons. The molecular weight excluding hydrogens is 344 g/mol. The van der Waals surface area contributed by atoms with Crippen LogP contribution in [0.4, 0.5) is 0 Å². The second kappa shape index (κ2) is 9.21. The lowest BCUT2D eigenvalue weighted by Crippen LogP contribution is -2.45. The summed E-state index contributed by atoms with van der Waals surface area (Å²) in [6, 6.07) is 7.65. The van der Waals surface area contributed by atoms with Crippen molar-refractivity contribution in [3.8, 4) is 5.75 Å². The average Bonchev–Trinajstić information content (AvgIpc) is 2.33. The summed E-state index contributed by atoms with van der Waals surface area (Å²) in [5, 5.41) is 2.80. The van der Waals surface area contributed by atoms with Crippen molar-refractivity contribution in [1.82, 2.24) is 5.32 Å². The van der Waals surface area contributed by atoms with Crippen molar-refractivity contribution in [3.05, 3.63) is 28.7 Å². The fourth-order valence-electron chi connectivity index (χ4n) is 1.39. The predicted molar refractivity (Wildman–Crippen MR) is 87.4 cm³/mol. The van der Waals surface area contributed by atoms with Gasteiger partial charge in [-0.2, -0.15) is 0 Å². The van der Waals surface area contributed by atoms with E-state index in [-0.39, 0.29) is 23.9 Å². The van der Waals surface area contributed by atoms with Crippen LogP contribution in [0.5, 0.6) is 5.75 Å². The minimum atomic E-state index is -0.374. The highest BCUT2D eigenvalue weighted by molar-refractivity contribution is 9.10. The minimum absolute atomic E-state index is 0. The molecule has 0 atom stereocenters. The smallest absolute Gasteiger partial charge is 0.220 e. The van der Waals surface area contributed by atoms with E-state index in [2.05, 4.69) is 21.2 Å². The highest BCUT2D eigenvalue weighted by Gasteiger charge is 2.11. The van der Waals surface area contributed by atoms with Crippen molar-refractivity contribution in [3.63, 3.8) is 0 Å². The van der Waals surface area contributed by atoms with Crippen LogP contribution in [-0.4, -0.2) is 24.6 Å². The van der Waals surface area contributed by atoms with Gasteiger partial charge in [-0.25, -0.2) is 0 Å². The van der Waals surface area contributed by atoms with Gasteiger partial charge in [-0.1, -0.05) is 12.1 Å². The summed E-state index contributed by atoms with van der Waals surface area (Å²) in [5.74, 6) is 0.806. The third-order valence-electron chi connectivity index (χ3n) is 2.38. The van der Waals surface area contributed by atoms with Crippen molar-refractivity contribution in [2.45, 2.75) is 32.2 Å². The summed E-state index contributed by atoms with van der Waals surface area (Å²) in [7, 11) is 0. The van der Waals surface area contributed by atoms with Crippen LogP contribution in [0.15, 0.2) is 28.7 Å². The molecule has 0 fully saturated rings. The molecule has 0 saturated heterocycles. The van der Waals surface area contributed by atoms with E-state index in [4.69, 9.17) is 10.5 Å². The monoisotopic (exact) mass is 364 g/mol. The maximum Gasteiger partial charge on any atom is 0.220 e. The fourth-order valence-corrected chi connectivity index (χ4v) is 1.79. The Morgan fingerprint density at radius 1 is 1.40 bits per heavy atom. The number of carbonyl (C=O) groups is 1. The topological polar surface area (TPSA) is 64.3 Å². The lowest BCUT2D eigenvalue weighted by Gasteiger charge is -2.18. The molecule has 0 heterocycles. The van der Waals surface area contributed by atoms with Gasteiger partial charge in [-0.05, 0) is 48.3 Å². The normalized spacial score (nSPS) is 10.6. The molecule has 0 spiro atoms. The van der Waals surface area contributed by atoms with Crippen LogP contribution < -0.4 is 15.8 Å². The number of nitrogens with one attached hydrogen (secondary N) is 1. The Kier molecular flexibility index (Phi) is 8.85. The molecule has 0 aliphatic carbocycles. The number of hydrogen-bond acceptors (Lipinski definition) is 3. The largest absolute Gasteiger partial charge is 0.492 e. The molecular formula is C14H22BrClN2O2. The zero-order valence-corrected chi connectivity index (χ0v) is 14.2. The first kappa shape index (κ1) is 19.2. The molecule has 1 aromatic rings. The average molecular weight is 366 g/mol. The van der Waals surface area contributed by atoms with E-state index in [9.17, 15) is 4.79 Å². The fraction of sp³-hybridized carbons (Fsp3) is 0.500. The number of nitrogens with two attached hydrogens (primary N) is 1. The van der Waals surface area contributed by atoms with Crippen LogP contribution in [0.25, 0.3) is 0 Å². The van der Waals surface area contributed by atoms with Gasteiger partial charge in [0.1, 0.15) is 5.75 Å². The van der Waals surface area contributed by atoms with Crippen molar-refractivity contribution < 1.29 is 9.53 Å². The zero-order chi connectivity index (χ0) is 14.3. The zero-order valence-electron chi connectivity index (χ0n) is 11.8. The number of para-hydroxylation sites is 1. The third-order valence-corrected chi connectivity index (χ3v) is 3.04. The minimum Gasteiger partial charge on any atom is -0.492 e. The highest BCUT2D eigenvalue weighted by Crippen LogP contribution is 2.23. The standard InChI is InChI=1S/C14H21BrN2O2.ClH/c1-14(2,16)10-17-13(18)8-5-9-19-12-7-4-3-6-11(12)15;/h3-4,6-7H,5,8-10,16H2,1-2H3,(H,17,18);1H. The predicted octanol–water partition coefficient (Wildman–Crippen LogP) is 2.88. The van der Waals surface area contributed by atoms with Crippen molar-refractivity contribution in [2.24, 2.45) is 5.73 Å². The molecule has 0 aliphatic rings. The van der Waals surface area contributed by atoms with E-state index in [0.29, 0.717) is 26.0 Å². The van der Waals surface area contributed by atoms with Gasteiger partial charge in [0.15, 0.2) is 0 Å². The van der Waals surface area contributed by atoms with Gasteiger partial charge in [-0.3, -0.25) is 4.79 Å². The van der Waals surface area contributed by atoms with Gasteiger partial charge in [-0.15, -0.1) is 12.4 Å². The molecule has 3 N–H and O–H groups in total. The summed E-state index contributed by atoms with van der Waals surface area (Å²) in [6.07, 6.45) is 1.12. The lowest BCUT2D eigenvalue weighted by atomic mass is 10.1.